The van der Waals surface area contributed by atoms with Crippen molar-refractivity contribution in [2.45, 2.75) is 83.8 Å². The van der Waals surface area contributed by atoms with Gasteiger partial charge in [-0.3, -0.25) is 0 Å². The van der Waals surface area contributed by atoms with Crippen molar-refractivity contribution in [2.75, 3.05) is 5.73 Å². The van der Waals surface area contributed by atoms with E-state index in [2.05, 4.69) is 47.9 Å². The second-order valence-corrected chi connectivity index (χ2v) is 11.9. The molecule has 37 heavy (non-hydrogen) atoms. The quantitative estimate of drug-likeness (QED) is 0.225. The van der Waals surface area contributed by atoms with Gasteiger partial charge in [-0.2, -0.15) is 4.98 Å². The van der Waals surface area contributed by atoms with Crippen LogP contribution < -0.4 is 11.1 Å². The number of amides is 1. The number of fused-ring (bicyclic) bond motifs is 1. The minimum absolute atomic E-state index is 0.154. The molecular weight excluding hydrogens is 562 g/mol. The van der Waals surface area contributed by atoms with Gasteiger partial charge in [-0.1, -0.05) is 24.3 Å². The lowest BCUT2D eigenvalue weighted by atomic mass is 9.95. The van der Waals surface area contributed by atoms with Gasteiger partial charge >= 0.3 is 6.09 Å². The van der Waals surface area contributed by atoms with Crippen LogP contribution in [0, 0.1) is 0 Å². The van der Waals surface area contributed by atoms with E-state index in [1.807, 2.05) is 39.1 Å². The smallest absolute Gasteiger partial charge is 0.407 e. The molecule has 0 aliphatic heterocycles. The Hall–Kier alpha value is -2.40. The van der Waals surface area contributed by atoms with Gasteiger partial charge in [0.15, 0.2) is 5.79 Å². The average molecular weight is 597 g/mol. The number of alkyl carbamates (subject to hydrolysis) is 1. The molecular formula is C26H35BrClN5O4. The monoisotopic (exact) mass is 595 g/mol. The van der Waals surface area contributed by atoms with Gasteiger partial charge in [0.1, 0.15) is 17.1 Å². The Morgan fingerprint density at radius 3 is 2.57 bits per heavy atom. The van der Waals surface area contributed by atoms with Crippen LogP contribution >= 0.6 is 27.5 Å². The standard InChI is InChI=1S/C23H27BrClN5O2.C3H8O2/c1-23(2,3)32-22(31)27-11-13-5-4-6-14(9-13)15-7-8-16(10-15)30-12-17(24)18-19(26)28-21(25)29-20(18)30;1-3(2,4)5/h4-6,9,12,15-16H,7-8,10-11H2,1-3H3,(H,27,31)(H2,26,28,29);4-5H,1-2H3. The molecule has 3 aromatic rings. The van der Waals surface area contributed by atoms with E-state index in [9.17, 15) is 4.79 Å². The topological polar surface area (TPSA) is 136 Å². The highest BCUT2D eigenvalue weighted by Gasteiger charge is 2.29. The Labute approximate surface area is 230 Å². The van der Waals surface area contributed by atoms with Crippen LogP contribution in [0.4, 0.5) is 10.6 Å². The van der Waals surface area contributed by atoms with Crippen LogP contribution in [0.5, 0.6) is 0 Å². The molecule has 2 atom stereocenters. The first kappa shape index (κ1) is 29.2. The summed E-state index contributed by atoms with van der Waals surface area (Å²) in [5, 5.41) is 19.9. The number of hydrogen-bond acceptors (Lipinski definition) is 7. The fourth-order valence-electron chi connectivity index (χ4n) is 4.34. The third kappa shape index (κ3) is 8.56. The summed E-state index contributed by atoms with van der Waals surface area (Å²) >= 11 is 9.66. The Kier molecular flexibility index (Phi) is 9.10. The summed E-state index contributed by atoms with van der Waals surface area (Å²) in [5.41, 5.74) is 8.65. The molecule has 1 amide bonds. The lowest BCUT2D eigenvalue weighted by Crippen LogP contribution is -2.32. The minimum atomic E-state index is -1.50. The van der Waals surface area contributed by atoms with Gasteiger partial charge in [0.2, 0.25) is 5.28 Å². The van der Waals surface area contributed by atoms with E-state index in [4.69, 9.17) is 32.3 Å². The molecule has 1 aliphatic rings. The zero-order chi connectivity index (χ0) is 27.5. The van der Waals surface area contributed by atoms with Gasteiger partial charge in [0.25, 0.3) is 0 Å². The molecule has 2 unspecified atom stereocenters. The SMILES string of the molecule is CC(C)(C)OC(=O)NCc1cccc(C2CCC(n3cc(Br)c4c(N)nc(Cl)nc43)C2)c1.CC(C)(O)O. The number of carbonyl (C=O) groups excluding carboxylic acids is 1. The lowest BCUT2D eigenvalue weighted by Gasteiger charge is -2.20. The van der Waals surface area contributed by atoms with E-state index in [0.29, 0.717) is 24.3 Å². The number of nitrogens with one attached hydrogen (secondary N) is 1. The largest absolute Gasteiger partial charge is 0.444 e. The number of aliphatic hydroxyl groups is 2. The third-order valence-corrected chi connectivity index (χ3v) is 6.45. The predicted octanol–water partition coefficient (Wildman–Crippen LogP) is 5.67. The molecule has 1 saturated carbocycles. The van der Waals surface area contributed by atoms with Gasteiger partial charge in [-0.25, -0.2) is 9.78 Å². The number of ether oxygens (including phenoxy) is 1. The molecule has 0 spiro atoms. The van der Waals surface area contributed by atoms with Gasteiger partial charge < -0.3 is 30.6 Å². The van der Waals surface area contributed by atoms with E-state index < -0.39 is 17.5 Å². The number of nitrogens with zero attached hydrogens (tertiary/aromatic N) is 3. The number of carbonyl (C=O) groups is 1. The summed E-state index contributed by atoms with van der Waals surface area (Å²) in [7, 11) is 0. The summed E-state index contributed by atoms with van der Waals surface area (Å²) in [4.78, 5) is 20.5. The highest BCUT2D eigenvalue weighted by Crippen LogP contribution is 2.43. The highest BCUT2D eigenvalue weighted by molar-refractivity contribution is 9.10. The van der Waals surface area contributed by atoms with Crippen LogP contribution in [0.1, 0.15) is 77.0 Å². The first-order valence-corrected chi connectivity index (χ1v) is 13.3. The maximum atomic E-state index is 12.0. The van der Waals surface area contributed by atoms with Crippen LogP contribution in [0.2, 0.25) is 5.28 Å². The zero-order valence-electron chi connectivity index (χ0n) is 21.8. The van der Waals surface area contributed by atoms with Crippen LogP contribution in [-0.4, -0.2) is 42.2 Å². The second-order valence-electron chi connectivity index (χ2n) is 10.7. The molecule has 2 aromatic heterocycles. The maximum Gasteiger partial charge on any atom is 0.407 e. The number of rotatable bonds is 4. The number of benzene rings is 1. The maximum absolute atomic E-state index is 12.0. The Morgan fingerprint density at radius 1 is 1.24 bits per heavy atom. The molecule has 11 heteroatoms. The van der Waals surface area contributed by atoms with Crippen LogP contribution in [-0.2, 0) is 11.3 Å². The predicted molar refractivity (Wildman–Crippen MR) is 148 cm³/mol. The number of hydrogen-bond donors (Lipinski definition) is 4. The van der Waals surface area contributed by atoms with Crippen molar-refractivity contribution in [3.05, 3.63) is 51.3 Å². The van der Waals surface area contributed by atoms with E-state index in [1.165, 1.54) is 19.4 Å². The summed E-state index contributed by atoms with van der Waals surface area (Å²) < 4.78 is 8.36. The van der Waals surface area contributed by atoms with Crippen molar-refractivity contribution in [3.63, 3.8) is 0 Å². The number of nitrogens with two attached hydrogens (primary N) is 1. The third-order valence-electron chi connectivity index (χ3n) is 5.68. The summed E-state index contributed by atoms with van der Waals surface area (Å²) in [6.07, 6.45) is 4.71. The Bertz CT molecular complexity index is 1250. The number of anilines is 1. The van der Waals surface area contributed by atoms with Crippen molar-refractivity contribution >= 4 is 50.5 Å². The summed E-state index contributed by atoms with van der Waals surface area (Å²) in [5.74, 6) is -0.697. The van der Waals surface area contributed by atoms with Crippen LogP contribution in [0.25, 0.3) is 11.0 Å². The highest BCUT2D eigenvalue weighted by atomic mass is 79.9. The molecule has 0 radical (unpaired) electrons. The van der Waals surface area contributed by atoms with E-state index in [-0.39, 0.29) is 5.28 Å². The van der Waals surface area contributed by atoms with Gasteiger partial charge in [-0.05, 0) is 98.5 Å². The lowest BCUT2D eigenvalue weighted by molar-refractivity contribution is -0.127. The van der Waals surface area contributed by atoms with E-state index in [0.717, 1.165) is 40.3 Å². The van der Waals surface area contributed by atoms with Crippen LogP contribution in [0.15, 0.2) is 34.9 Å². The molecule has 0 saturated heterocycles. The van der Waals surface area contributed by atoms with Crippen molar-refractivity contribution in [1.29, 1.82) is 0 Å². The molecule has 0 bridgehead atoms. The molecule has 1 fully saturated rings. The number of halogens is 2. The summed E-state index contributed by atoms with van der Waals surface area (Å²) in [6.45, 7) is 8.59. The first-order chi connectivity index (χ1) is 17.1. The number of nitrogen functional groups attached to an aromatic ring is 1. The summed E-state index contributed by atoms with van der Waals surface area (Å²) in [6, 6.07) is 8.69. The molecule has 2 heterocycles. The average Bonchev–Trinajstić information content (AvgIpc) is 3.35. The normalized spacial score (nSPS) is 17.9. The molecule has 1 aliphatic carbocycles. The molecule has 9 nitrogen and oxygen atoms in total. The molecule has 5 N–H and O–H groups in total. The Morgan fingerprint density at radius 2 is 1.92 bits per heavy atom. The molecule has 1 aromatic carbocycles. The van der Waals surface area contributed by atoms with E-state index in [1.54, 1.807) is 0 Å². The zero-order valence-corrected chi connectivity index (χ0v) is 24.1. The first-order valence-electron chi connectivity index (χ1n) is 12.1. The van der Waals surface area contributed by atoms with Crippen molar-refractivity contribution in [2.24, 2.45) is 0 Å². The van der Waals surface area contributed by atoms with Gasteiger partial charge in [-0.15, -0.1) is 0 Å². The van der Waals surface area contributed by atoms with Crippen molar-refractivity contribution in [3.8, 4) is 0 Å². The van der Waals surface area contributed by atoms with Crippen molar-refractivity contribution in [1.82, 2.24) is 19.9 Å². The molecule has 202 valence electrons. The van der Waals surface area contributed by atoms with Crippen molar-refractivity contribution < 1.29 is 19.7 Å². The van der Waals surface area contributed by atoms with Gasteiger partial charge in [0.05, 0.1) is 5.39 Å². The Balaban J connectivity index is 0.000000695. The van der Waals surface area contributed by atoms with Crippen LogP contribution in [0.3, 0.4) is 0 Å². The van der Waals surface area contributed by atoms with E-state index >= 15 is 0 Å². The minimum Gasteiger partial charge on any atom is -0.444 e. The molecule has 4 rings (SSSR count). The van der Waals surface area contributed by atoms with Gasteiger partial charge in [0, 0.05) is 23.3 Å². The fraction of sp³-hybridized carbons (Fsp3) is 0.500. The number of aromatic nitrogens is 3. The second kappa shape index (κ2) is 11.6. The fourth-order valence-corrected chi connectivity index (χ4v) is 5.11.